The van der Waals surface area contributed by atoms with Crippen molar-refractivity contribution in [1.82, 2.24) is 15.2 Å². The number of hydrogen-bond acceptors (Lipinski definition) is 3. The van der Waals surface area contributed by atoms with Crippen LogP contribution >= 0.6 is 12.2 Å². The van der Waals surface area contributed by atoms with E-state index in [1.54, 1.807) is 6.26 Å². The Morgan fingerprint density at radius 1 is 1.28 bits per heavy atom. The third kappa shape index (κ3) is 4.22. The van der Waals surface area contributed by atoms with Crippen LogP contribution in [-0.2, 0) is 13.1 Å². The molecule has 0 amide bonds. The summed E-state index contributed by atoms with van der Waals surface area (Å²) in [7, 11) is 0. The van der Waals surface area contributed by atoms with Gasteiger partial charge in [0.2, 0.25) is 0 Å². The van der Waals surface area contributed by atoms with Crippen LogP contribution in [-0.4, -0.2) is 21.0 Å². The highest BCUT2D eigenvalue weighted by Crippen LogP contribution is 2.26. The summed E-state index contributed by atoms with van der Waals surface area (Å²) in [5.74, 6) is 0.841. The number of aryl methyl sites for hydroxylation is 2. The van der Waals surface area contributed by atoms with Crippen LogP contribution in [0.5, 0.6) is 0 Å². The van der Waals surface area contributed by atoms with E-state index < -0.39 is 0 Å². The number of furan rings is 1. The minimum absolute atomic E-state index is 0.0389. The predicted molar refractivity (Wildman–Crippen MR) is 120 cm³/mol. The first-order chi connectivity index (χ1) is 14.0. The van der Waals surface area contributed by atoms with E-state index in [2.05, 4.69) is 34.3 Å². The largest absolute Gasteiger partial charge is 0.467 e. The average molecular weight is 410 g/mol. The Bertz CT molecular complexity index is 1070. The van der Waals surface area contributed by atoms with Crippen LogP contribution in [0.25, 0.3) is 10.9 Å². The van der Waals surface area contributed by atoms with Crippen LogP contribution in [0.2, 0.25) is 0 Å². The van der Waals surface area contributed by atoms with Gasteiger partial charge in [0.25, 0.3) is 5.56 Å². The third-order valence-corrected chi connectivity index (χ3v) is 6.37. The fourth-order valence-corrected chi connectivity index (χ4v) is 4.42. The van der Waals surface area contributed by atoms with Crippen molar-refractivity contribution in [3.8, 4) is 0 Å². The van der Waals surface area contributed by atoms with Gasteiger partial charge in [-0.2, -0.15) is 0 Å². The van der Waals surface area contributed by atoms with E-state index in [0.717, 1.165) is 40.6 Å². The lowest BCUT2D eigenvalue weighted by molar-refractivity contribution is 0.301. The highest BCUT2D eigenvalue weighted by Gasteiger charge is 2.25. The Morgan fingerprint density at radius 3 is 2.79 bits per heavy atom. The fraction of sp³-hybridized carbons (Fsp3) is 0.391. The highest BCUT2D eigenvalue weighted by atomic mass is 32.1. The van der Waals surface area contributed by atoms with Crippen molar-refractivity contribution in [1.29, 1.82) is 0 Å². The Labute approximate surface area is 176 Å². The first-order valence-electron chi connectivity index (χ1n) is 10.2. The van der Waals surface area contributed by atoms with Crippen LogP contribution in [0.4, 0.5) is 0 Å². The molecule has 1 saturated carbocycles. The van der Waals surface area contributed by atoms with Crippen LogP contribution in [0.3, 0.4) is 0 Å². The van der Waals surface area contributed by atoms with Gasteiger partial charge in [-0.3, -0.25) is 4.79 Å². The van der Waals surface area contributed by atoms with Gasteiger partial charge in [0, 0.05) is 11.6 Å². The molecule has 2 aromatic heterocycles. The van der Waals surface area contributed by atoms with E-state index in [9.17, 15) is 4.79 Å². The molecule has 2 heterocycles. The molecule has 0 atom stereocenters. The maximum Gasteiger partial charge on any atom is 0.253 e. The maximum absolute atomic E-state index is 12.9. The zero-order chi connectivity index (χ0) is 20.4. The Hall–Kier alpha value is -2.60. The van der Waals surface area contributed by atoms with E-state index in [0.29, 0.717) is 24.2 Å². The molecule has 1 aliphatic carbocycles. The fourth-order valence-electron chi connectivity index (χ4n) is 4.13. The first-order valence-corrected chi connectivity index (χ1v) is 10.6. The third-order valence-electron chi connectivity index (χ3n) is 5.99. The smallest absolute Gasteiger partial charge is 0.253 e. The number of aromatic nitrogens is 1. The van der Waals surface area contributed by atoms with Gasteiger partial charge in [-0.15, -0.1) is 0 Å². The van der Waals surface area contributed by atoms with Crippen molar-refractivity contribution < 1.29 is 4.42 Å². The quantitative estimate of drug-likeness (QED) is 0.605. The van der Waals surface area contributed by atoms with Gasteiger partial charge >= 0.3 is 0 Å². The van der Waals surface area contributed by atoms with Crippen molar-refractivity contribution >= 4 is 28.2 Å². The van der Waals surface area contributed by atoms with Crippen molar-refractivity contribution in [2.24, 2.45) is 0 Å². The van der Waals surface area contributed by atoms with Crippen LogP contribution in [0.1, 0.15) is 48.1 Å². The molecule has 4 rings (SSSR count). The number of hydrogen-bond donors (Lipinski definition) is 2. The van der Waals surface area contributed by atoms with Gasteiger partial charge in [0.05, 0.1) is 24.9 Å². The Kier molecular flexibility index (Phi) is 5.72. The van der Waals surface area contributed by atoms with E-state index >= 15 is 0 Å². The van der Waals surface area contributed by atoms with Crippen LogP contribution in [0, 0.1) is 13.8 Å². The molecule has 1 aliphatic rings. The number of fused-ring (bicyclic) bond motifs is 1. The van der Waals surface area contributed by atoms with Crippen molar-refractivity contribution in [2.45, 2.75) is 58.7 Å². The molecule has 5 nitrogen and oxygen atoms in total. The molecule has 0 aliphatic heterocycles. The van der Waals surface area contributed by atoms with Crippen LogP contribution < -0.4 is 10.9 Å². The molecule has 0 saturated heterocycles. The van der Waals surface area contributed by atoms with Gasteiger partial charge < -0.3 is 19.6 Å². The molecule has 0 bridgehead atoms. The van der Waals surface area contributed by atoms with E-state index in [4.69, 9.17) is 16.6 Å². The lowest BCUT2D eigenvalue weighted by atomic mass is 10.0. The summed E-state index contributed by atoms with van der Waals surface area (Å²) in [5.41, 5.74) is 3.92. The number of pyridine rings is 1. The topological polar surface area (TPSA) is 61.3 Å². The summed E-state index contributed by atoms with van der Waals surface area (Å²) in [6.45, 7) is 5.16. The number of benzene rings is 1. The molecule has 29 heavy (non-hydrogen) atoms. The molecular weight excluding hydrogens is 382 g/mol. The van der Waals surface area contributed by atoms with E-state index in [-0.39, 0.29) is 5.56 Å². The monoisotopic (exact) mass is 409 g/mol. The number of rotatable bonds is 5. The summed E-state index contributed by atoms with van der Waals surface area (Å²) in [6.07, 6.45) is 6.27. The van der Waals surface area contributed by atoms with Crippen molar-refractivity contribution in [3.05, 3.63) is 69.4 Å². The van der Waals surface area contributed by atoms with Gasteiger partial charge in [-0.05, 0) is 73.6 Å². The standard InChI is InChI=1S/C23H27N3O2S/c1-15-9-10-17-12-18(22(27)25-21(17)16(15)2)14-26(19-6-3-4-7-19)23(29)24-13-20-8-5-11-28-20/h5,8-12,19H,3-4,6-7,13-14H2,1-2H3,(H,24,29)(H,25,27). The summed E-state index contributed by atoms with van der Waals surface area (Å²) in [6, 6.07) is 10.3. The molecule has 0 spiro atoms. The molecule has 2 N–H and O–H groups in total. The molecule has 3 aromatic rings. The van der Waals surface area contributed by atoms with Crippen molar-refractivity contribution in [2.75, 3.05) is 0 Å². The molecule has 152 valence electrons. The molecule has 1 aromatic carbocycles. The average Bonchev–Trinajstić information content (AvgIpc) is 3.42. The minimum atomic E-state index is -0.0389. The van der Waals surface area contributed by atoms with E-state index in [1.807, 2.05) is 25.1 Å². The zero-order valence-corrected chi connectivity index (χ0v) is 17.8. The second kappa shape index (κ2) is 8.41. The number of nitrogens with one attached hydrogen (secondary N) is 2. The number of thiocarbonyl (C=S) groups is 1. The number of H-pyrrole nitrogens is 1. The van der Waals surface area contributed by atoms with E-state index in [1.165, 1.54) is 18.4 Å². The zero-order valence-electron chi connectivity index (χ0n) is 17.0. The Morgan fingerprint density at radius 2 is 2.07 bits per heavy atom. The second-order valence-electron chi connectivity index (χ2n) is 7.90. The predicted octanol–water partition coefficient (Wildman–Crippen LogP) is 4.56. The Balaban J connectivity index is 1.60. The number of aromatic amines is 1. The summed E-state index contributed by atoms with van der Waals surface area (Å²) >= 11 is 5.72. The summed E-state index contributed by atoms with van der Waals surface area (Å²) in [5, 5.41) is 5.04. The molecule has 0 radical (unpaired) electrons. The van der Waals surface area contributed by atoms with Gasteiger partial charge in [0.1, 0.15) is 5.76 Å². The molecule has 1 fully saturated rings. The van der Waals surface area contributed by atoms with Gasteiger partial charge in [-0.25, -0.2) is 0 Å². The lowest BCUT2D eigenvalue weighted by Crippen LogP contribution is -2.45. The summed E-state index contributed by atoms with van der Waals surface area (Å²) in [4.78, 5) is 18.1. The molecular formula is C23H27N3O2S. The normalized spacial score (nSPS) is 14.4. The lowest BCUT2D eigenvalue weighted by Gasteiger charge is -2.31. The maximum atomic E-state index is 12.9. The molecule has 6 heteroatoms. The van der Waals surface area contributed by atoms with Gasteiger partial charge in [-0.1, -0.05) is 25.0 Å². The van der Waals surface area contributed by atoms with Crippen molar-refractivity contribution in [3.63, 3.8) is 0 Å². The van der Waals surface area contributed by atoms with Gasteiger partial charge in [0.15, 0.2) is 5.11 Å². The van der Waals surface area contributed by atoms with Crippen LogP contribution in [0.15, 0.2) is 45.8 Å². The first kappa shape index (κ1) is 19.7. The summed E-state index contributed by atoms with van der Waals surface area (Å²) < 4.78 is 5.40. The second-order valence-corrected chi connectivity index (χ2v) is 8.29. The SMILES string of the molecule is Cc1ccc2cc(CN(C(=S)NCc3ccco3)C3CCCC3)c(=O)[nH]c2c1C. The highest BCUT2D eigenvalue weighted by molar-refractivity contribution is 7.80. The number of nitrogens with zero attached hydrogens (tertiary/aromatic N) is 1. The minimum Gasteiger partial charge on any atom is -0.467 e. The molecule has 0 unspecified atom stereocenters.